The van der Waals surface area contributed by atoms with E-state index in [9.17, 15) is 4.39 Å². The van der Waals surface area contributed by atoms with Crippen molar-refractivity contribution in [3.63, 3.8) is 0 Å². The third kappa shape index (κ3) is 2.52. The van der Waals surface area contributed by atoms with E-state index in [2.05, 4.69) is 14.9 Å². The molecule has 3 aromatic heterocycles. The van der Waals surface area contributed by atoms with Gasteiger partial charge in [-0.15, -0.1) is 5.10 Å². The van der Waals surface area contributed by atoms with E-state index in [1.165, 1.54) is 30.6 Å². The molecule has 0 amide bonds. The van der Waals surface area contributed by atoms with E-state index in [0.29, 0.717) is 18.2 Å². The molecule has 138 valence electrons. The Labute approximate surface area is 157 Å². The molecular weight excluding hydrogens is 369 g/mol. The van der Waals surface area contributed by atoms with Gasteiger partial charge in [0.05, 0.1) is 37.4 Å². The smallest absolute Gasteiger partial charge is 0.214 e. The van der Waals surface area contributed by atoms with Crippen LogP contribution in [0.3, 0.4) is 0 Å². The molecule has 0 aliphatic carbocycles. The third-order valence-corrected chi connectivity index (χ3v) is 5.68. The highest BCUT2D eigenvalue weighted by atomic mass is 32.1. The molecule has 10 heteroatoms. The molecule has 0 spiro atoms. The second kappa shape index (κ2) is 5.95. The minimum atomic E-state index is -0.348. The number of aromatic nitrogens is 5. The lowest BCUT2D eigenvalue weighted by atomic mass is 10.1. The van der Waals surface area contributed by atoms with Gasteiger partial charge >= 0.3 is 0 Å². The lowest BCUT2D eigenvalue weighted by Crippen LogP contribution is -2.33. The molecule has 1 aliphatic rings. The van der Waals surface area contributed by atoms with Crippen LogP contribution in [-0.4, -0.2) is 37.8 Å². The molecule has 0 unspecified atom stereocenters. The van der Waals surface area contributed by atoms with Gasteiger partial charge in [0.2, 0.25) is 10.1 Å². The fourth-order valence-corrected chi connectivity index (χ4v) is 4.24. The summed E-state index contributed by atoms with van der Waals surface area (Å²) in [5, 5.41) is 5.61. The molecular formula is C17H16FN7OS. The van der Waals surface area contributed by atoms with E-state index >= 15 is 0 Å². The lowest BCUT2D eigenvalue weighted by Gasteiger charge is -2.27. The number of rotatable bonds is 3. The van der Waals surface area contributed by atoms with Gasteiger partial charge in [-0.05, 0) is 12.1 Å². The van der Waals surface area contributed by atoms with Gasteiger partial charge in [0.15, 0.2) is 5.95 Å². The summed E-state index contributed by atoms with van der Waals surface area (Å²) in [5.74, 6) is 0.646. The first kappa shape index (κ1) is 16.1. The number of nitrogens with two attached hydrogens (primary N) is 1. The Morgan fingerprint density at radius 2 is 2.11 bits per heavy atom. The number of fused-ring (bicyclic) bond motifs is 2. The van der Waals surface area contributed by atoms with E-state index in [1.807, 2.05) is 4.57 Å². The van der Waals surface area contributed by atoms with E-state index in [0.717, 1.165) is 40.1 Å². The third-order valence-electron chi connectivity index (χ3n) is 4.70. The molecule has 4 aromatic rings. The molecule has 1 aliphatic heterocycles. The number of benzene rings is 1. The predicted molar refractivity (Wildman–Crippen MR) is 100 cm³/mol. The van der Waals surface area contributed by atoms with Crippen LogP contribution in [0.2, 0.25) is 0 Å². The molecule has 8 nitrogen and oxygen atoms in total. The molecule has 0 atom stereocenters. The van der Waals surface area contributed by atoms with Crippen molar-refractivity contribution in [3.8, 4) is 17.0 Å². The monoisotopic (exact) mass is 385 g/mol. The Bertz CT molecular complexity index is 1150. The Balaban J connectivity index is 1.53. The highest BCUT2D eigenvalue weighted by Gasteiger charge is 2.23. The van der Waals surface area contributed by atoms with Crippen molar-refractivity contribution in [2.75, 3.05) is 24.3 Å². The van der Waals surface area contributed by atoms with E-state index in [-0.39, 0.29) is 5.82 Å². The molecule has 0 saturated heterocycles. The maximum atomic E-state index is 13.5. The van der Waals surface area contributed by atoms with Crippen LogP contribution in [-0.2, 0) is 13.1 Å². The largest absolute Gasteiger partial charge is 0.496 e. The van der Waals surface area contributed by atoms with Crippen molar-refractivity contribution in [2.45, 2.75) is 13.1 Å². The number of halogens is 1. The van der Waals surface area contributed by atoms with Gasteiger partial charge in [0.1, 0.15) is 11.6 Å². The molecule has 0 bridgehead atoms. The number of anilines is 2. The maximum Gasteiger partial charge on any atom is 0.214 e. The standard InChI is InChI=1S/C17H16FN7OS/c1-26-14-6-10(18)2-3-12(14)13-8-21-16-25(13)22-17(27-16)23-4-5-24-11(9-23)7-20-15(24)19/h2-3,6-8H,4-5,9H2,1H3,(H2,19,20). The van der Waals surface area contributed by atoms with Gasteiger partial charge in [-0.1, -0.05) is 11.3 Å². The molecule has 4 heterocycles. The molecule has 5 rings (SSSR count). The van der Waals surface area contributed by atoms with Crippen molar-refractivity contribution < 1.29 is 9.13 Å². The Hall–Kier alpha value is -3.14. The average molecular weight is 385 g/mol. The number of nitrogen functional groups attached to an aromatic ring is 1. The quantitative estimate of drug-likeness (QED) is 0.583. The number of nitrogens with zero attached hydrogens (tertiary/aromatic N) is 6. The van der Waals surface area contributed by atoms with Gasteiger partial charge in [-0.2, -0.15) is 0 Å². The predicted octanol–water partition coefficient (Wildman–Crippen LogP) is 2.40. The van der Waals surface area contributed by atoms with Crippen LogP contribution in [0.15, 0.2) is 30.6 Å². The lowest BCUT2D eigenvalue weighted by molar-refractivity contribution is 0.412. The minimum Gasteiger partial charge on any atom is -0.496 e. The summed E-state index contributed by atoms with van der Waals surface area (Å²) in [6.07, 6.45) is 3.53. The van der Waals surface area contributed by atoms with Crippen molar-refractivity contribution >= 4 is 27.4 Å². The van der Waals surface area contributed by atoms with Crippen LogP contribution >= 0.6 is 11.3 Å². The van der Waals surface area contributed by atoms with E-state index in [4.69, 9.17) is 15.6 Å². The zero-order chi connectivity index (χ0) is 18.5. The Morgan fingerprint density at radius 3 is 2.96 bits per heavy atom. The van der Waals surface area contributed by atoms with Gasteiger partial charge in [-0.25, -0.2) is 18.9 Å². The first-order valence-corrected chi connectivity index (χ1v) is 9.19. The van der Waals surface area contributed by atoms with Crippen molar-refractivity contribution in [3.05, 3.63) is 42.1 Å². The Kier molecular flexibility index (Phi) is 3.54. The second-order valence-corrected chi connectivity index (χ2v) is 7.18. The summed E-state index contributed by atoms with van der Waals surface area (Å²) in [6.45, 7) is 2.25. The molecule has 2 N–H and O–H groups in total. The topological polar surface area (TPSA) is 86.5 Å². The number of ether oxygens (including phenoxy) is 1. The number of hydrogen-bond donors (Lipinski definition) is 1. The van der Waals surface area contributed by atoms with E-state index < -0.39 is 0 Å². The summed E-state index contributed by atoms with van der Waals surface area (Å²) in [6, 6.07) is 4.44. The van der Waals surface area contributed by atoms with E-state index in [1.54, 1.807) is 23.0 Å². The van der Waals surface area contributed by atoms with Crippen molar-refractivity contribution in [1.82, 2.24) is 24.1 Å². The van der Waals surface area contributed by atoms with Crippen LogP contribution in [0.25, 0.3) is 16.2 Å². The van der Waals surface area contributed by atoms with Crippen molar-refractivity contribution in [1.29, 1.82) is 0 Å². The van der Waals surface area contributed by atoms with Gasteiger partial charge in [0, 0.05) is 24.7 Å². The summed E-state index contributed by atoms with van der Waals surface area (Å²) < 4.78 is 22.6. The molecule has 1 aromatic carbocycles. The maximum absolute atomic E-state index is 13.5. The summed E-state index contributed by atoms with van der Waals surface area (Å²) in [5.41, 5.74) is 8.45. The number of imidazole rings is 2. The minimum absolute atomic E-state index is 0.348. The molecule has 27 heavy (non-hydrogen) atoms. The zero-order valence-electron chi connectivity index (χ0n) is 14.5. The van der Waals surface area contributed by atoms with Crippen LogP contribution in [0.4, 0.5) is 15.5 Å². The SMILES string of the molecule is COc1cc(F)ccc1-c1cnc2sc(N3CCn4c(cnc4N)C3)nn12. The fourth-order valence-electron chi connectivity index (χ4n) is 3.34. The highest BCUT2D eigenvalue weighted by molar-refractivity contribution is 7.20. The highest BCUT2D eigenvalue weighted by Crippen LogP contribution is 2.34. The number of methoxy groups -OCH3 is 1. The zero-order valence-corrected chi connectivity index (χ0v) is 15.3. The normalized spacial score (nSPS) is 13.9. The van der Waals surface area contributed by atoms with Gasteiger partial charge < -0.3 is 19.9 Å². The van der Waals surface area contributed by atoms with Gasteiger partial charge in [0.25, 0.3) is 0 Å². The summed E-state index contributed by atoms with van der Waals surface area (Å²) in [4.78, 5) is 11.6. The first-order valence-electron chi connectivity index (χ1n) is 8.37. The molecule has 0 saturated carbocycles. The second-order valence-electron chi connectivity index (χ2n) is 6.25. The number of hydrogen-bond acceptors (Lipinski definition) is 7. The van der Waals surface area contributed by atoms with Crippen LogP contribution in [0.1, 0.15) is 5.69 Å². The van der Waals surface area contributed by atoms with Crippen LogP contribution < -0.4 is 15.4 Å². The molecule has 0 fully saturated rings. The average Bonchev–Trinajstić information content (AvgIpc) is 3.36. The first-order chi connectivity index (χ1) is 13.1. The Morgan fingerprint density at radius 1 is 1.22 bits per heavy atom. The van der Waals surface area contributed by atoms with Gasteiger partial charge in [-0.3, -0.25) is 0 Å². The summed E-state index contributed by atoms with van der Waals surface area (Å²) in [7, 11) is 1.52. The fraction of sp³-hybridized carbons (Fsp3) is 0.235. The van der Waals surface area contributed by atoms with Crippen LogP contribution in [0.5, 0.6) is 5.75 Å². The van der Waals surface area contributed by atoms with Crippen LogP contribution in [0, 0.1) is 5.82 Å². The summed E-state index contributed by atoms with van der Waals surface area (Å²) >= 11 is 1.51. The molecule has 0 radical (unpaired) electrons. The van der Waals surface area contributed by atoms with Crippen molar-refractivity contribution in [2.24, 2.45) is 0 Å².